The van der Waals surface area contributed by atoms with Crippen molar-refractivity contribution < 1.29 is 0 Å². The zero-order chi connectivity index (χ0) is 14.7. The number of nitrogens with zero attached hydrogens (tertiary/aromatic N) is 2. The Morgan fingerprint density at radius 3 is 2.29 bits per heavy atom. The van der Waals surface area contributed by atoms with Crippen molar-refractivity contribution >= 4 is 12.2 Å². The first kappa shape index (κ1) is 13.8. The molecule has 0 aliphatic rings. The lowest BCUT2D eigenvalue weighted by molar-refractivity contribution is 0.696. The van der Waals surface area contributed by atoms with Gasteiger partial charge >= 0.3 is 0 Å². The lowest BCUT2D eigenvalue weighted by Gasteiger charge is -2.16. The molecule has 1 heterocycles. The summed E-state index contributed by atoms with van der Waals surface area (Å²) < 4.78 is 2.65. The second-order valence-electron chi connectivity index (χ2n) is 4.93. The van der Waals surface area contributed by atoms with E-state index < -0.39 is 0 Å². The molecule has 0 bridgehead atoms. The molecule has 3 aromatic rings. The van der Waals surface area contributed by atoms with E-state index in [2.05, 4.69) is 41.4 Å². The number of para-hydroxylation sites is 1. The van der Waals surface area contributed by atoms with Crippen molar-refractivity contribution in [3.8, 4) is 5.69 Å². The molecule has 0 aliphatic carbocycles. The summed E-state index contributed by atoms with van der Waals surface area (Å²) in [7, 11) is 0. The van der Waals surface area contributed by atoms with E-state index in [0.717, 1.165) is 17.9 Å². The number of hydrogen-bond donors (Lipinski definition) is 1. The van der Waals surface area contributed by atoms with Crippen LogP contribution >= 0.6 is 12.2 Å². The highest BCUT2D eigenvalue weighted by Crippen LogP contribution is 2.28. The molecule has 0 spiro atoms. The van der Waals surface area contributed by atoms with Crippen molar-refractivity contribution in [2.24, 2.45) is 0 Å². The maximum atomic E-state index is 5.42. The minimum Gasteiger partial charge on any atom is -0.272 e. The van der Waals surface area contributed by atoms with Gasteiger partial charge in [-0.3, -0.25) is 9.67 Å². The van der Waals surface area contributed by atoms with E-state index in [9.17, 15) is 0 Å². The van der Waals surface area contributed by atoms with Gasteiger partial charge in [-0.15, -0.1) is 0 Å². The number of aromatic amines is 1. The molecule has 2 aromatic carbocycles. The van der Waals surface area contributed by atoms with E-state index in [1.165, 1.54) is 5.56 Å². The third-order valence-electron chi connectivity index (χ3n) is 3.63. The van der Waals surface area contributed by atoms with Gasteiger partial charge < -0.3 is 0 Å². The van der Waals surface area contributed by atoms with Gasteiger partial charge in [-0.1, -0.05) is 55.5 Å². The lowest BCUT2D eigenvalue weighted by Crippen LogP contribution is -2.09. The number of hydrogen-bond acceptors (Lipinski definition) is 2. The second-order valence-corrected chi connectivity index (χ2v) is 5.32. The molecule has 1 N–H and O–H groups in total. The van der Waals surface area contributed by atoms with Gasteiger partial charge in [-0.05, 0) is 36.3 Å². The standard InChI is InChI=1S/C17H17N3S/c1-2-15(13-9-5-3-6-10-13)16-18-19-17(21)20(16)14-11-7-4-8-12-14/h3-12,15H,2H2,1H3,(H,19,21). The first-order valence-electron chi connectivity index (χ1n) is 7.09. The Hall–Kier alpha value is -2.20. The van der Waals surface area contributed by atoms with Crippen molar-refractivity contribution in [2.45, 2.75) is 19.3 Å². The molecule has 3 nitrogen and oxygen atoms in total. The van der Waals surface area contributed by atoms with Crippen LogP contribution in [0.1, 0.15) is 30.7 Å². The van der Waals surface area contributed by atoms with Crippen molar-refractivity contribution in [2.75, 3.05) is 0 Å². The predicted molar refractivity (Wildman–Crippen MR) is 87.3 cm³/mol. The molecule has 3 rings (SSSR count). The van der Waals surface area contributed by atoms with Gasteiger partial charge in [-0.25, -0.2) is 0 Å². The summed E-state index contributed by atoms with van der Waals surface area (Å²) in [5.74, 6) is 1.18. The second kappa shape index (κ2) is 6.06. The smallest absolute Gasteiger partial charge is 0.199 e. The Labute approximate surface area is 129 Å². The van der Waals surface area contributed by atoms with Crippen LogP contribution in [0.25, 0.3) is 5.69 Å². The van der Waals surface area contributed by atoms with Crippen LogP contribution < -0.4 is 0 Å². The number of aromatic nitrogens is 3. The summed E-state index contributed by atoms with van der Waals surface area (Å²) in [6.07, 6.45) is 0.969. The summed E-state index contributed by atoms with van der Waals surface area (Å²) in [5, 5.41) is 7.42. The van der Waals surface area contributed by atoms with Crippen LogP contribution in [-0.2, 0) is 0 Å². The first-order chi connectivity index (χ1) is 10.3. The molecular weight excluding hydrogens is 278 g/mol. The van der Waals surface area contributed by atoms with Crippen LogP contribution in [0, 0.1) is 4.77 Å². The molecular formula is C17H17N3S. The predicted octanol–water partition coefficient (Wildman–Crippen LogP) is 4.47. The molecule has 0 radical (unpaired) electrons. The van der Waals surface area contributed by atoms with Gasteiger partial charge in [0.15, 0.2) is 4.77 Å². The molecule has 21 heavy (non-hydrogen) atoms. The fraction of sp³-hybridized carbons (Fsp3) is 0.176. The fourth-order valence-electron chi connectivity index (χ4n) is 2.62. The topological polar surface area (TPSA) is 33.6 Å². The molecule has 0 fully saturated rings. The molecule has 0 aliphatic heterocycles. The van der Waals surface area contributed by atoms with Crippen LogP contribution in [0.3, 0.4) is 0 Å². The summed E-state index contributed by atoms with van der Waals surface area (Å²) in [4.78, 5) is 0. The Kier molecular flexibility index (Phi) is 3.97. The van der Waals surface area contributed by atoms with Crippen molar-refractivity contribution in [1.82, 2.24) is 14.8 Å². The van der Waals surface area contributed by atoms with Crippen molar-refractivity contribution in [3.05, 3.63) is 76.8 Å². The van der Waals surface area contributed by atoms with E-state index in [4.69, 9.17) is 12.2 Å². The number of H-pyrrole nitrogens is 1. The molecule has 0 saturated heterocycles. The maximum Gasteiger partial charge on any atom is 0.199 e. The van der Waals surface area contributed by atoms with E-state index in [-0.39, 0.29) is 5.92 Å². The van der Waals surface area contributed by atoms with E-state index in [0.29, 0.717) is 4.77 Å². The van der Waals surface area contributed by atoms with Crippen LogP contribution in [0.5, 0.6) is 0 Å². The van der Waals surface area contributed by atoms with Crippen LogP contribution in [0.15, 0.2) is 60.7 Å². The first-order valence-corrected chi connectivity index (χ1v) is 7.49. The monoisotopic (exact) mass is 295 g/mol. The highest BCUT2D eigenvalue weighted by molar-refractivity contribution is 7.71. The van der Waals surface area contributed by atoms with Crippen LogP contribution in [-0.4, -0.2) is 14.8 Å². The molecule has 0 saturated carbocycles. The average Bonchev–Trinajstić information content (AvgIpc) is 2.92. The molecule has 0 amide bonds. The molecule has 1 unspecified atom stereocenters. The quantitative estimate of drug-likeness (QED) is 0.720. The van der Waals surface area contributed by atoms with Gasteiger partial charge in [0.1, 0.15) is 5.82 Å². The number of rotatable bonds is 4. The Bertz CT molecular complexity index is 759. The zero-order valence-corrected chi connectivity index (χ0v) is 12.7. The number of benzene rings is 2. The van der Waals surface area contributed by atoms with E-state index >= 15 is 0 Å². The highest BCUT2D eigenvalue weighted by Gasteiger charge is 2.19. The number of nitrogens with one attached hydrogen (secondary N) is 1. The normalized spacial score (nSPS) is 12.2. The van der Waals surface area contributed by atoms with Gasteiger partial charge in [0.2, 0.25) is 0 Å². The van der Waals surface area contributed by atoms with Crippen LogP contribution in [0.2, 0.25) is 0 Å². The van der Waals surface area contributed by atoms with E-state index in [1.807, 2.05) is 41.0 Å². The summed E-state index contributed by atoms with van der Waals surface area (Å²) in [5.41, 5.74) is 2.30. The van der Waals surface area contributed by atoms with Crippen molar-refractivity contribution in [1.29, 1.82) is 0 Å². The third-order valence-corrected chi connectivity index (χ3v) is 3.91. The Morgan fingerprint density at radius 2 is 1.67 bits per heavy atom. The minimum atomic E-state index is 0.222. The Balaban J connectivity index is 2.13. The molecule has 1 atom stereocenters. The fourth-order valence-corrected chi connectivity index (χ4v) is 2.87. The summed E-state index contributed by atoms with van der Waals surface area (Å²) >= 11 is 5.42. The molecule has 4 heteroatoms. The van der Waals surface area contributed by atoms with Gasteiger partial charge in [0.05, 0.1) is 0 Å². The van der Waals surface area contributed by atoms with Crippen molar-refractivity contribution in [3.63, 3.8) is 0 Å². The summed E-state index contributed by atoms with van der Waals surface area (Å²) in [6, 6.07) is 20.6. The van der Waals surface area contributed by atoms with Gasteiger partial charge in [-0.2, -0.15) is 5.10 Å². The molecule has 1 aromatic heterocycles. The third kappa shape index (κ3) is 2.67. The van der Waals surface area contributed by atoms with Crippen LogP contribution in [0.4, 0.5) is 0 Å². The van der Waals surface area contributed by atoms with E-state index in [1.54, 1.807) is 0 Å². The minimum absolute atomic E-state index is 0.222. The Morgan fingerprint density at radius 1 is 1.05 bits per heavy atom. The SMILES string of the molecule is CCC(c1ccccc1)c1n[nH]c(=S)n1-c1ccccc1. The maximum absolute atomic E-state index is 5.42. The summed E-state index contributed by atoms with van der Waals surface area (Å²) in [6.45, 7) is 2.17. The largest absolute Gasteiger partial charge is 0.272 e. The van der Waals surface area contributed by atoms with Gasteiger partial charge in [0.25, 0.3) is 0 Å². The van der Waals surface area contributed by atoms with Gasteiger partial charge in [0, 0.05) is 11.6 Å². The lowest BCUT2D eigenvalue weighted by atomic mass is 9.95. The zero-order valence-electron chi connectivity index (χ0n) is 11.9. The average molecular weight is 295 g/mol. The molecule has 106 valence electrons. The highest BCUT2D eigenvalue weighted by atomic mass is 32.1.